The summed E-state index contributed by atoms with van der Waals surface area (Å²) in [5.74, 6) is 1.38. The Hall–Kier alpha value is -1.94. The highest BCUT2D eigenvalue weighted by atomic mass is 32.2. The number of nitrogens with two attached hydrogens (primary N) is 1. The van der Waals surface area contributed by atoms with Crippen LogP contribution < -0.4 is 11.1 Å². The number of benzene rings is 2. The van der Waals surface area contributed by atoms with Gasteiger partial charge < -0.3 is 11.1 Å². The summed E-state index contributed by atoms with van der Waals surface area (Å²) >= 11 is 1.78. The monoisotopic (exact) mass is 299 g/mol. The number of rotatable bonds is 5. The molecule has 0 saturated heterocycles. The molecule has 0 aromatic heterocycles. The predicted molar refractivity (Wildman–Crippen MR) is 93.2 cm³/mol. The van der Waals surface area contributed by atoms with Gasteiger partial charge in [-0.15, -0.1) is 11.8 Å². The molecule has 0 amide bonds. The predicted octanol–water partition coefficient (Wildman–Crippen LogP) is 3.82. The van der Waals surface area contributed by atoms with Crippen molar-refractivity contribution in [2.24, 2.45) is 10.7 Å². The van der Waals surface area contributed by atoms with Gasteiger partial charge in [0.15, 0.2) is 5.96 Å². The highest BCUT2D eigenvalue weighted by Gasteiger charge is 1.98. The number of aliphatic imine (C=N–C) groups is 1. The van der Waals surface area contributed by atoms with E-state index in [1.54, 1.807) is 11.8 Å². The summed E-state index contributed by atoms with van der Waals surface area (Å²) in [5, 5.41) is 3.14. The molecule has 0 saturated carbocycles. The molecule has 0 spiro atoms. The first-order valence-corrected chi connectivity index (χ1v) is 7.95. The Morgan fingerprint density at radius 3 is 2.43 bits per heavy atom. The van der Waals surface area contributed by atoms with Gasteiger partial charge in [0.05, 0.1) is 6.54 Å². The minimum Gasteiger partial charge on any atom is -0.370 e. The molecule has 0 radical (unpaired) electrons. The molecule has 0 heterocycles. The van der Waals surface area contributed by atoms with E-state index in [2.05, 4.69) is 54.5 Å². The van der Waals surface area contributed by atoms with Crippen LogP contribution in [0.4, 0.5) is 5.69 Å². The lowest BCUT2D eigenvalue weighted by Crippen LogP contribution is -2.23. The van der Waals surface area contributed by atoms with Gasteiger partial charge in [0.1, 0.15) is 0 Å². The summed E-state index contributed by atoms with van der Waals surface area (Å²) in [6.07, 6.45) is 0. The van der Waals surface area contributed by atoms with Crippen LogP contribution in [0, 0.1) is 13.8 Å². The van der Waals surface area contributed by atoms with E-state index in [1.165, 1.54) is 16.0 Å². The lowest BCUT2D eigenvalue weighted by atomic mass is 10.1. The molecule has 110 valence electrons. The first-order chi connectivity index (χ1) is 10.1. The van der Waals surface area contributed by atoms with Crippen LogP contribution in [0.25, 0.3) is 0 Å². The van der Waals surface area contributed by atoms with Gasteiger partial charge in [-0.25, -0.2) is 0 Å². The quantitative estimate of drug-likeness (QED) is 0.382. The molecular weight excluding hydrogens is 278 g/mol. The third kappa shape index (κ3) is 5.52. The minimum atomic E-state index is 0.466. The van der Waals surface area contributed by atoms with Gasteiger partial charge in [0.2, 0.25) is 0 Å². The molecule has 2 aromatic rings. The summed E-state index contributed by atoms with van der Waals surface area (Å²) in [6, 6.07) is 16.6. The fourth-order valence-corrected chi connectivity index (χ4v) is 2.85. The highest BCUT2D eigenvalue weighted by molar-refractivity contribution is 7.99. The van der Waals surface area contributed by atoms with Crippen molar-refractivity contribution in [3.63, 3.8) is 0 Å². The lowest BCUT2D eigenvalue weighted by molar-refractivity contribution is 1.13. The Labute approximate surface area is 130 Å². The number of aryl methyl sites for hydroxylation is 2. The summed E-state index contributed by atoms with van der Waals surface area (Å²) in [7, 11) is 0. The molecule has 21 heavy (non-hydrogen) atoms. The largest absolute Gasteiger partial charge is 0.370 e. The molecule has 0 aliphatic rings. The molecule has 4 heteroatoms. The number of nitrogens with zero attached hydrogens (tertiary/aromatic N) is 1. The van der Waals surface area contributed by atoms with Crippen LogP contribution in [-0.4, -0.2) is 18.3 Å². The molecule has 2 aromatic carbocycles. The van der Waals surface area contributed by atoms with E-state index < -0.39 is 0 Å². The van der Waals surface area contributed by atoms with Crippen molar-refractivity contribution in [1.29, 1.82) is 0 Å². The Bertz CT molecular complexity index is 588. The standard InChI is InChI=1S/C17H21N3S/c1-13-10-14(2)12-15(11-13)20-17(18)19-8-9-21-16-6-4-3-5-7-16/h3-7,10-12H,8-9H2,1-2H3,(H3,18,19,20). The average Bonchev–Trinajstić information content (AvgIpc) is 2.43. The third-order valence-electron chi connectivity index (χ3n) is 2.88. The molecule has 0 unspecified atom stereocenters. The Balaban J connectivity index is 1.81. The van der Waals surface area contributed by atoms with E-state index in [-0.39, 0.29) is 0 Å². The normalized spacial score (nSPS) is 11.4. The Kier molecular flexibility index (Phi) is 5.69. The number of guanidine groups is 1. The fraction of sp³-hybridized carbons (Fsp3) is 0.235. The van der Waals surface area contributed by atoms with Crippen LogP contribution in [0.5, 0.6) is 0 Å². The van der Waals surface area contributed by atoms with Crippen molar-refractivity contribution in [2.45, 2.75) is 18.7 Å². The number of hydrogen-bond donors (Lipinski definition) is 2. The van der Waals surface area contributed by atoms with Gasteiger partial charge in [0, 0.05) is 16.3 Å². The summed E-state index contributed by atoms with van der Waals surface area (Å²) in [4.78, 5) is 5.61. The van der Waals surface area contributed by atoms with Gasteiger partial charge in [-0.3, -0.25) is 4.99 Å². The van der Waals surface area contributed by atoms with E-state index in [9.17, 15) is 0 Å². The molecule has 3 nitrogen and oxygen atoms in total. The van der Waals surface area contributed by atoms with Gasteiger partial charge in [0.25, 0.3) is 0 Å². The first kappa shape index (κ1) is 15.4. The van der Waals surface area contributed by atoms with Crippen LogP contribution in [0.3, 0.4) is 0 Å². The average molecular weight is 299 g/mol. The molecular formula is C17H21N3S. The van der Waals surface area contributed by atoms with Crippen molar-refractivity contribution in [2.75, 3.05) is 17.6 Å². The number of thioether (sulfide) groups is 1. The van der Waals surface area contributed by atoms with Crippen LogP contribution in [0.2, 0.25) is 0 Å². The zero-order valence-corrected chi connectivity index (χ0v) is 13.3. The summed E-state index contributed by atoms with van der Waals surface area (Å²) in [5.41, 5.74) is 9.33. The van der Waals surface area contributed by atoms with E-state index >= 15 is 0 Å². The summed E-state index contributed by atoms with van der Waals surface area (Å²) < 4.78 is 0. The molecule has 0 fully saturated rings. The van der Waals surface area contributed by atoms with Crippen molar-refractivity contribution in [3.05, 3.63) is 59.7 Å². The lowest BCUT2D eigenvalue weighted by Gasteiger charge is -2.08. The second kappa shape index (κ2) is 7.74. The van der Waals surface area contributed by atoms with Gasteiger partial charge in [-0.05, 0) is 49.2 Å². The second-order valence-corrected chi connectivity index (χ2v) is 6.10. The molecule has 2 rings (SSSR count). The number of nitrogens with one attached hydrogen (secondary N) is 1. The maximum Gasteiger partial charge on any atom is 0.193 e. The van der Waals surface area contributed by atoms with E-state index in [1.807, 2.05) is 18.2 Å². The maximum absolute atomic E-state index is 5.91. The zero-order valence-electron chi connectivity index (χ0n) is 12.5. The molecule has 0 atom stereocenters. The SMILES string of the molecule is Cc1cc(C)cc(NC(N)=NCCSc2ccccc2)c1. The van der Waals surface area contributed by atoms with Gasteiger partial charge >= 0.3 is 0 Å². The second-order valence-electron chi connectivity index (χ2n) is 4.93. The third-order valence-corrected chi connectivity index (χ3v) is 3.87. The Morgan fingerprint density at radius 2 is 1.76 bits per heavy atom. The van der Waals surface area contributed by atoms with Crippen molar-refractivity contribution in [1.82, 2.24) is 0 Å². The van der Waals surface area contributed by atoms with Crippen molar-refractivity contribution < 1.29 is 0 Å². The van der Waals surface area contributed by atoms with Crippen LogP contribution in [0.15, 0.2) is 58.4 Å². The van der Waals surface area contributed by atoms with E-state index in [4.69, 9.17) is 5.73 Å². The topological polar surface area (TPSA) is 50.4 Å². The molecule has 3 N–H and O–H groups in total. The zero-order chi connectivity index (χ0) is 15.1. The van der Waals surface area contributed by atoms with Gasteiger partial charge in [-0.2, -0.15) is 0 Å². The van der Waals surface area contributed by atoms with Crippen LogP contribution >= 0.6 is 11.8 Å². The van der Waals surface area contributed by atoms with Crippen LogP contribution in [-0.2, 0) is 0 Å². The van der Waals surface area contributed by atoms with Gasteiger partial charge in [-0.1, -0.05) is 24.3 Å². The molecule has 0 aliphatic carbocycles. The van der Waals surface area contributed by atoms with E-state index in [0.29, 0.717) is 12.5 Å². The molecule has 0 bridgehead atoms. The van der Waals surface area contributed by atoms with E-state index in [0.717, 1.165) is 11.4 Å². The number of anilines is 1. The smallest absolute Gasteiger partial charge is 0.193 e. The maximum atomic E-state index is 5.91. The van der Waals surface area contributed by atoms with Crippen molar-refractivity contribution >= 4 is 23.4 Å². The summed E-state index contributed by atoms with van der Waals surface area (Å²) in [6.45, 7) is 4.84. The molecule has 0 aliphatic heterocycles. The first-order valence-electron chi connectivity index (χ1n) is 6.96. The number of hydrogen-bond acceptors (Lipinski definition) is 2. The Morgan fingerprint density at radius 1 is 1.10 bits per heavy atom. The van der Waals surface area contributed by atoms with Crippen LogP contribution in [0.1, 0.15) is 11.1 Å². The minimum absolute atomic E-state index is 0.466. The fourth-order valence-electron chi connectivity index (χ4n) is 2.08. The van der Waals surface area contributed by atoms with Crippen molar-refractivity contribution in [3.8, 4) is 0 Å². The highest BCUT2D eigenvalue weighted by Crippen LogP contribution is 2.16.